The molecule has 0 aromatic heterocycles. The molecule has 0 unspecified atom stereocenters. The first-order valence-corrected chi connectivity index (χ1v) is 6.75. The third-order valence-electron chi connectivity index (χ3n) is 3.04. The number of hydrogen-bond donors (Lipinski definition) is 3. The van der Waals surface area contributed by atoms with Crippen LogP contribution in [0.25, 0.3) is 0 Å². The maximum atomic E-state index is 13.2. The van der Waals surface area contributed by atoms with E-state index >= 15 is 0 Å². The molecular formula is C16H18F2IN3O. The Morgan fingerprint density at radius 2 is 1.70 bits per heavy atom. The van der Waals surface area contributed by atoms with Gasteiger partial charge in [0.2, 0.25) is 0 Å². The van der Waals surface area contributed by atoms with Crippen molar-refractivity contribution in [1.29, 1.82) is 0 Å². The van der Waals surface area contributed by atoms with Crippen LogP contribution in [0.1, 0.15) is 11.1 Å². The fourth-order valence-electron chi connectivity index (χ4n) is 1.90. The molecule has 0 amide bonds. The predicted molar refractivity (Wildman–Crippen MR) is 96.9 cm³/mol. The largest absolute Gasteiger partial charge is 0.505 e. The average Bonchev–Trinajstić information content (AvgIpc) is 2.51. The third-order valence-corrected chi connectivity index (χ3v) is 3.04. The van der Waals surface area contributed by atoms with Gasteiger partial charge in [0.05, 0.1) is 0 Å². The van der Waals surface area contributed by atoms with Gasteiger partial charge in [0.15, 0.2) is 17.5 Å². The lowest BCUT2D eigenvalue weighted by Gasteiger charge is -2.12. The van der Waals surface area contributed by atoms with E-state index in [2.05, 4.69) is 15.6 Å². The zero-order valence-electron chi connectivity index (χ0n) is 12.5. The maximum Gasteiger partial charge on any atom is 0.191 e. The van der Waals surface area contributed by atoms with E-state index in [0.29, 0.717) is 24.6 Å². The number of phenolic OH excluding ortho intramolecular Hbond substituents is 1. The van der Waals surface area contributed by atoms with Gasteiger partial charge in [-0.2, -0.15) is 0 Å². The Kier molecular flexibility index (Phi) is 7.73. The molecule has 0 atom stereocenters. The number of aromatic hydroxyl groups is 1. The standard InChI is InChI=1S/C16H17F2N3O.HI/c1-19-16(20-9-11-3-2-4-13(17)7-11)21-10-12-5-6-15(22)14(18)8-12;/h2-8,22H,9-10H2,1H3,(H2,19,20,21);1H. The molecule has 0 radical (unpaired) electrons. The van der Waals surface area contributed by atoms with E-state index in [1.54, 1.807) is 25.2 Å². The van der Waals surface area contributed by atoms with Gasteiger partial charge in [0.1, 0.15) is 5.82 Å². The summed E-state index contributed by atoms with van der Waals surface area (Å²) in [6, 6.07) is 10.4. The van der Waals surface area contributed by atoms with Gasteiger partial charge in [-0.05, 0) is 35.4 Å². The lowest BCUT2D eigenvalue weighted by molar-refractivity contribution is 0.431. The third kappa shape index (κ3) is 6.01. The van der Waals surface area contributed by atoms with E-state index in [0.717, 1.165) is 5.56 Å². The van der Waals surface area contributed by atoms with Crippen LogP contribution in [-0.4, -0.2) is 18.1 Å². The van der Waals surface area contributed by atoms with Crippen LogP contribution in [0.2, 0.25) is 0 Å². The van der Waals surface area contributed by atoms with Crippen LogP contribution >= 0.6 is 24.0 Å². The number of halogens is 3. The lowest BCUT2D eigenvalue weighted by Crippen LogP contribution is -2.36. The van der Waals surface area contributed by atoms with Crippen LogP contribution in [0.4, 0.5) is 8.78 Å². The van der Waals surface area contributed by atoms with Crippen molar-refractivity contribution < 1.29 is 13.9 Å². The predicted octanol–water partition coefficient (Wildman–Crippen LogP) is 3.15. The summed E-state index contributed by atoms with van der Waals surface area (Å²) in [5.74, 6) is -0.820. The quantitative estimate of drug-likeness (QED) is 0.395. The van der Waals surface area contributed by atoms with E-state index in [1.165, 1.54) is 24.3 Å². The minimum atomic E-state index is -0.665. The van der Waals surface area contributed by atoms with Gasteiger partial charge in [-0.25, -0.2) is 8.78 Å². The molecule has 0 spiro atoms. The van der Waals surface area contributed by atoms with Crippen LogP contribution in [0.5, 0.6) is 5.75 Å². The highest BCUT2D eigenvalue weighted by atomic mass is 127. The molecule has 4 nitrogen and oxygen atoms in total. The lowest BCUT2D eigenvalue weighted by atomic mass is 10.2. The first kappa shape index (κ1) is 19.1. The molecule has 0 saturated heterocycles. The fourth-order valence-corrected chi connectivity index (χ4v) is 1.90. The zero-order chi connectivity index (χ0) is 15.9. The molecule has 2 aromatic carbocycles. The summed E-state index contributed by atoms with van der Waals surface area (Å²) in [5.41, 5.74) is 1.46. The molecule has 0 saturated carbocycles. The first-order valence-electron chi connectivity index (χ1n) is 6.75. The SMILES string of the molecule is CN=C(NCc1cccc(F)c1)NCc1ccc(O)c(F)c1.I. The number of phenols is 1. The van der Waals surface area contributed by atoms with Crippen LogP contribution in [0.3, 0.4) is 0 Å². The van der Waals surface area contributed by atoms with Gasteiger partial charge in [-0.3, -0.25) is 4.99 Å². The van der Waals surface area contributed by atoms with Crippen LogP contribution < -0.4 is 10.6 Å². The molecule has 0 fully saturated rings. The minimum absolute atomic E-state index is 0. The first-order chi connectivity index (χ1) is 10.6. The molecule has 0 aliphatic rings. The molecule has 124 valence electrons. The van der Waals surface area contributed by atoms with Crippen molar-refractivity contribution in [2.24, 2.45) is 4.99 Å². The Bertz CT molecular complexity index is 680. The molecule has 0 bridgehead atoms. The Balaban J connectivity index is 0.00000264. The van der Waals surface area contributed by atoms with Crippen molar-refractivity contribution in [3.05, 3.63) is 65.2 Å². The summed E-state index contributed by atoms with van der Waals surface area (Å²) >= 11 is 0. The second-order valence-corrected chi connectivity index (χ2v) is 4.70. The van der Waals surface area contributed by atoms with Gasteiger partial charge in [-0.1, -0.05) is 18.2 Å². The number of nitrogens with one attached hydrogen (secondary N) is 2. The van der Waals surface area contributed by atoms with Crippen molar-refractivity contribution in [2.45, 2.75) is 13.1 Å². The van der Waals surface area contributed by atoms with Crippen molar-refractivity contribution in [3.63, 3.8) is 0 Å². The smallest absolute Gasteiger partial charge is 0.191 e. The van der Waals surface area contributed by atoms with E-state index in [1.807, 2.05) is 0 Å². The number of rotatable bonds is 4. The van der Waals surface area contributed by atoms with Gasteiger partial charge in [-0.15, -0.1) is 24.0 Å². The van der Waals surface area contributed by atoms with Crippen molar-refractivity contribution in [2.75, 3.05) is 7.05 Å². The number of nitrogens with zero attached hydrogens (tertiary/aromatic N) is 1. The Morgan fingerprint density at radius 1 is 1.04 bits per heavy atom. The van der Waals surface area contributed by atoms with Crippen molar-refractivity contribution >= 4 is 29.9 Å². The molecular weight excluding hydrogens is 415 g/mol. The van der Waals surface area contributed by atoms with Gasteiger partial charge < -0.3 is 15.7 Å². The van der Waals surface area contributed by atoms with E-state index in [4.69, 9.17) is 5.11 Å². The monoisotopic (exact) mass is 433 g/mol. The Labute approximate surface area is 150 Å². The number of benzene rings is 2. The number of hydrogen-bond acceptors (Lipinski definition) is 2. The molecule has 2 rings (SSSR count). The molecule has 0 aliphatic heterocycles. The van der Waals surface area contributed by atoms with Crippen LogP contribution in [0.15, 0.2) is 47.5 Å². The number of guanidine groups is 1. The summed E-state index contributed by atoms with van der Waals surface area (Å²) in [7, 11) is 1.61. The van der Waals surface area contributed by atoms with Crippen molar-refractivity contribution in [1.82, 2.24) is 10.6 Å². The molecule has 3 N–H and O–H groups in total. The second-order valence-electron chi connectivity index (χ2n) is 4.70. The van der Waals surface area contributed by atoms with Gasteiger partial charge in [0, 0.05) is 20.1 Å². The van der Waals surface area contributed by atoms with Crippen molar-refractivity contribution in [3.8, 4) is 5.75 Å². The molecule has 23 heavy (non-hydrogen) atoms. The zero-order valence-corrected chi connectivity index (χ0v) is 14.8. The average molecular weight is 433 g/mol. The minimum Gasteiger partial charge on any atom is -0.505 e. The highest BCUT2D eigenvalue weighted by molar-refractivity contribution is 14.0. The maximum absolute atomic E-state index is 13.2. The van der Waals surface area contributed by atoms with Crippen LogP contribution in [-0.2, 0) is 13.1 Å². The Morgan fingerprint density at radius 3 is 2.26 bits per heavy atom. The van der Waals surface area contributed by atoms with E-state index in [-0.39, 0.29) is 35.5 Å². The summed E-state index contributed by atoms with van der Waals surface area (Å²) in [4.78, 5) is 4.04. The summed E-state index contributed by atoms with van der Waals surface area (Å²) in [5, 5.41) is 15.2. The Hall–Kier alpha value is -1.90. The normalized spacial score (nSPS) is 10.8. The molecule has 0 aliphatic carbocycles. The highest BCUT2D eigenvalue weighted by Crippen LogP contribution is 2.15. The second kappa shape index (κ2) is 9.29. The molecule has 2 aromatic rings. The molecule has 7 heteroatoms. The number of aliphatic imine (C=N–C) groups is 1. The summed E-state index contributed by atoms with van der Waals surface area (Å²) in [6.45, 7) is 0.765. The van der Waals surface area contributed by atoms with E-state index in [9.17, 15) is 8.78 Å². The van der Waals surface area contributed by atoms with Crippen LogP contribution in [0, 0.1) is 11.6 Å². The summed E-state index contributed by atoms with van der Waals surface area (Å²) in [6.07, 6.45) is 0. The summed E-state index contributed by atoms with van der Waals surface area (Å²) < 4.78 is 26.3. The topological polar surface area (TPSA) is 56.7 Å². The highest BCUT2D eigenvalue weighted by Gasteiger charge is 2.03. The fraction of sp³-hybridized carbons (Fsp3) is 0.188. The molecule has 0 heterocycles. The van der Waals surface area contributed by atoms with Gasteiger partial charge in [0.25, 0.3) is 0 Å². The van der Waals surface area contributed by atoms with E-state index < -0.39 is 5.82 Å². The van der Waals surface area contributed by atoms with Gasteiger partial charge >= 0.3 is 0 Å².